The Kier molecular flexibility index (Phi) is 4.55. The average Bonchev–Trinajstić information content (AvgIpc) is 3.22. The SMILES string of the molecule is O=C1NC[C@@H](c2ccccc2)[C@@H]1C(=O)N/N=C\c1ccc([N+](=O)[O-])o1. The van der Waals surface area contributed by atoms with Crippen LogP contribution < -0.4 is 10.7 Å². The van der Waals surface area contributed by atoms with E-state index in [9.17, 15) is 19.7 Å². The topological polar surface area (TPSA) is 127 Å². The zero-order valence-electron chi connectivity index (χ0n) is 12.9. The van der Waals surface area contributed by atoms with Gasteiger partial charge in [-0.15, -0.1) is 0 Å². The third-order valence-electron chi connectivity index (χ3n) is 3.85. The summed E-state index contributed by atoms with van der Waals surface area (Å²) < 4.78 is 4.88. The second-order valence-electron chi connectivity index (χ2n) is 5.41. The summed E-state index contributed by atoms with van der Waals surface area (Å²) in [6, 6.07) is 11.8. The molecule has 25 heavy (non-hydrogen) atoms. The Balaban J connectivity index is 1.67. The fraction of sp³-hybridized carbons (Fsp3) is 0.188. The van der Waals surface area contributed by atoms with Gasteiger partial charge in [0.15, 0.2) is 5.76 Å². The van der Waals surface area contributed by atoms with Crippen LogP contribution in [0.15, 0.2) is 52.0 Å². The van der Waals surface area contributed by atoms with E-state index >= 15 is 0 Å². The molecule has 3 rings (SSSR count). The highest BCUT2D eigenvalue weighted by Crippen LogP contribution is 2.28. The number of carbonyl (C=O) groups is 2. The Morgan fingerprint density at radius 2 is 2.08 bits per heavy atom. The van der Waals surface area contributed by atoms with Gasteiger partial charge in [0.1, 0.15) is 10.8 Å². The Morgan fingerprint density at radius 1 is 1.32 bits per heavy atom. The molecular formula is C16H14N4O5. The van der Waals surface area contributed by atoms with Crippen LogP contribution in [-0.4, -0.2) is 29.5 Å². The number of amides is 2. The van der Waals surface area contributed by atoms with Crippen molar-refractivity contribution in [2.24, 2.45) is 11.0 Å². The highest BCUT2D eigenvalue weighted by molar-refractivity contribution is 6.03. The van der Waals surface area contributed by atoms with E-state index in [4.69, 9.17) is 4.42 Å². The number of nitro groups is 1. The van der Waals surface area contributed by atoms with Crippen LogP contribution in [-0.2, 0) is 9.59 Å². The molecular weight excluding hydrogens is 328 g/mol. The van der Waals surface area contributed by atoms with Crippen LogP contribution in [0.2, 0.25) is 0 Å². The Labute approximate surface area is 141 Å². The van der Waals surface area contributed by atoms with Crippen molar-refractivity contribution in [2.75, 3.05) is 6.54 Å². The number of hydrogen-bond acceptors (Lipinski definition) is 6. The molecule has 0 saturated carbocycles. The van der Waals surface area contributed by atoms with Gasteiger partial charge in [-0.2, -0.15) is 5.10 Å². The predicted molar refractivity (Wildman–Crippen MR) is 86.8 cm³/mol. The maximum absolute atomic E-state index is 12.3. The van der Waals surface area contributed by atoms with E-state index in [1.807, 2.05) is 30.3 Å². The van der Waals surface area contributed by atoms with Crippen LogP contribution in [0.4, 0.5) is 5.88 Å². The summed E-state index contributed by atoms with van der Waals surface area (Å²) in [5, 5.41) is 16.9. The van der Waals surface area contributed by atoms with Gasteiger partial charge in [-0.25, -0.2) is 5.43 Å². The monoisotopic (exact) mass is 342 g/mol. The van der Waals surface area contributed by atoms with Crippen LogP contribution in [0.1, 0.15) is 17.2 Å². The number of hydrazone groups is 1. The summed E-state index contributed by atoms with van der Waals surface area (Å²) in [6.45, 7) is 0.370. The van der Waals surface area contributed by atoms with Crippen molar-refractivity contribution in [3.8, 4) is 0 Å². The van der Waals surface area contributed by atoms with Gasteiger partial charge < -0.3 is 9.73 Å². The number of hydrogen-bond donors (Lipinski definition) is 2. The van der Waals surface area contributed by atoms with E-state index in [2.05, 4.69) is 15.8 Å². The van der Waals surface area contributed by atoms with Crippen LogP contribution in [0.3, 0.4) is 0 Å². The molecule has 2 amide bonds. The van der Waals surface area contributed by atoms with Gasteiger partial charge in [0.25, 0.3) is 5.91 Å². The van der Waals surface area contributed by atoms with Crippen LogP contribution in [0.5, 0.6) is 0 Å². The molecule has 0 aliphatic carbocycles. The molecule has 0 radical (unpaired) electrons. The summed E-state index contributed by atoms with van der Waals surface area (Å²) in [6.07, 6.45) is 1.13. The van der Waals surface area contributed by atoms with Gasteiger partial charge in [-0.3, -0.25) is 19.7 Å². The third kappa shape index (κ3) is 3.55. The number of rotatable bonds is 5. The van der Waals surface area contributed by atoms with Crippen molar-refractivity contribution >= 4 is 23.9 Å². The summed E-state index contributed by atoms with van der Waals surface area (Å²) in [5.74, 6) is -2.41. The van der Waals surface area contributed by atoms with Crippen molar-refractivity contribution in [3.63, 3.8) is 0 Å². The Hall–Kier alpha value is -3.49. The van der Waals surface area contributed by atoms with Crippen LogP contribution in [0, 0.1) is 16.0 Å². The summed E-state index contributed by atoms with van der Waals surface area (Å²) in [4.78, 5) is 34.2. The minimum absolute atomic E-state index is 0.113. The van der Waals surface area contributed by atoms with Crippen LogP contribution >= 0.6 is 0 Å². The molecule has 1 aliphatic rings. The molecule has 0 spiro atoms. The lowest BCUT2D eigenvalue weighted by molar-refractivity contribution is -0.402. The van der Waals surface area contributed by atoms with Gasteiger partial charge in [0.2, 0.25) is 5.91 Å². The van der Waals surface area contributed by atoms with Crippen molar-refractivity contribution in [1.29, 1.82) is 0 Å². The molecule has 1 aromatic carbocycles. The molecule has 2 atom stereocenters. The molecule has 1 aromatic heterocycles. The highest BCUT2D eigenvalue weighted by atomic mass is 16.6. The summed E-state index contributed by atoms with van der Waals surface area (Å²) in [7, 11) is 0. The normalized spacial score (nSPS) is 19.8. The second kappa shape index (κ2) is 6.95. The first-order chi connectivity index (χ1) is 12.1. The predicted octanol–water partition coefficient (Wildman–Crippen LogP) is 1.17. The zero-order chi connectivity index (χ0) is 17.8. The largest absolute Gasteiger partial charge is 0.433 e. The number of nitrogens with zero attached hydrogens (tertiary/aromatic N) is 2. The molecule has 1 aliphatic heterocycles. The maximum atomic E-state index is 12.3. The third-order valence-corrected chi connectivity index (χ3v) is 3.85. The number of carbonyl (C=O) groups excluding carboxylic acids is 2. The Morgan fingerprint density at radius 3 is 2.76 bits per heavy atom. The van der Waals surface area contributed by atoms with Crippen molar-refractivity contribution < 1.29 is 18.9 Å². The molecule has 2 aromatic rings. The lowest BCUT2D eigenvalue weighted by Crippen LogP contribution is -2.34. The van der Waals surface area contributed by atoms with Gasteiger partial charge in [-0.1, -0.05) is 30.3 Å². The van der Waals surface area contributed by atoms with Gasteiger partial charge in [0.05, 0.1) is 12.3 Å². The molecule has 9 nitrogen and oxygen atoms in total. The quantitative estimate of drug-likeness (QED) is 0.365. The Bertz CT molecular complexity index is 830. The second-order valence-corrected chi connectivity index (χ2v) is 5.41. The summed E-state index contributed by atoms with van der Waals surface area (Å²) >= 11 is 0. The highest BCUT2D eigenvalue weighted by Gasteiger charge is 2.40. The lowest BCUT2D eigenvalue weighted by Gasteiger charge is -2.15. The van der Waals surface area contributed by atoms with Crippen LogP contribution in [0.25, 0.3) is 0 Å². The molecule has 1 fully saturated rings. The maximum Gasteiger partial charge on any atom is 0.433 e. The standard InChI is InChI=1S/C16H14N4O5/c21-15-14(12(9-17-15)10-4-2-1-3-5-10)16(22)19-18-8-11-6-7-13(25-11)20(23)24/h1-8,12,14H,9H2,(H,17,21)(H,19,22)/b18-8-/t12-,14-/m0/s1. The van der Waals surface area contributed by atoms with Crippen molar-refractivity contribution in [1.82, 2.24) is 10.7 Å². The minimum Gasteiger partial charge on any atom is -0.400 e. The molecule has 0 unspecified atom stereocenters. The van der Waals surface area contributed by atoms with Crippen molar-refractivity contribution in [2.45, 2.75) is 5.92 Å². The van der Waals surface area contributed by atoms with E-state index in [-0.39, 0.29) is 17.6 Å². The number of furan rings is 1. The van der Waals surface area contributed by atoms with Crippen molar-refractivity contribution in [3.05, 3.63) is 63.9 Å². The molecule has 0 bridgehead atoms. The van der Waals surface area contributed by atoms with E-state index in [1.54, 1.807) is 0 Å². The van der Waals surface area contributed by atoms with E-state index < -0.39 is 22.6 Å². The molecule has 2 heterocycles. The first kappa shape index (κ1) is 16.4. The van der Waals surface area contributed by atoms with E-state index in [0.29, 0.717) is 6.54 Å². The smallest absolute Gasteiger partial charge is 0.400 e. The van der Waals surface area contributed by atoms with Gasteiger partial charge >= 0.3 is 5.88 Å². The van der Waals surface area contributed by atoms with Gasteiger partial charge in [-0.05, 0) is 11.6 Å². The first-order valence-corrected chi connectivity index (χ1v) is 7.46. The average molecular weight is 342 g/mol. The van der Waals surface area contributed by atoms with E-state index in [0.717, 1.165) is 11.8 Å². The molecule has 128 valence electrons. The van der Waals surface area contributed by atoms with E-state index in [1.165, 1.54) is 12.1 Å². The fourth-order valence-electron chi connectivity index (χ4n) is 2.67. The molecule has 9 heteroatoms. The lowest BCUT2D eigenvalue weighted by atomic mass is 9.88. The minimum atomic E-state index is -0.898. The fourth-order valence-corrected chi connectivity index (χ4v) is 2.67. The summed E-state index contributed by atoms with van der Waals surface area (Å²) in [5.41, 5.74) is 3.16. The van der Waals surface area contributed by atoms with Gasteiger partial charge in [0, 0.05) is 12.5 Å². The number of nitrogens with one attached hydrogen (secondary N) is 2. The number of benzene rings is 1. The molecule has 1 saturated heterocycles. The first-order valence-electron chi connectivity index (χ1n) is 7.46. The molecule has 2 N–H and O–H groups in total. The zero-order valence-corrected chi connectivity index (χ0v) is 12.9.